The first-order valence-corrected chi connectivity index (χ1v) is 3.95. The largest absolute Gasteiger partial charge is 0.141 e. The fraction of sp³-hybridized carbons (Fsp3) is 0.111. The maximum absolute atomic E-state index is 3.72. The van der Waals surface area contributed by atoms with Crippen molar-refractivity contribution in [1.29, 1.82) is 0 Å². The molecule has 0 N–H and O–H groups in total. The molecule has 0 radical (unpaired) electrons. The lowest BCUT2D eigenvalue weighted by molar-refractivity contribution is 1.63. The Hall–Kier alpha value is -0.820. The molecule has 0 aromatic carbocycles. The van der Waals surface area contributed by atoms with Crippen LogP contribution in [-0.4, -0.2) is 0 Å². The quantitative estimate of drug-likeness (QED) is 0.606. The monoisotopic (exact) mass is 150 g/mol. The van der Waals surface area contributed by atoms with Gasteiger partial charge in [0.15, 0.2) is 0 Å². The Balaban J connectivity index is 3.20. The summed E-state index contributed by atoms with van der Waals surface area (Å²) in [5, 5.41) is 0. The van der Waals surface area contributed by atoms with E-state index in [2.05, 4.69) is 26.1 Å². The first kappa shape index (κ1) is 7.29. The number of aryl methyl sites for hydroxylation is 1. The van der Waals surface area contributed by atoms with Crippen LogP contribution in [0.5, 0.6) is 0 Å². The molecular weight excluding hydrogens is 140 g/mol. The molecule has 1 rings (SSSR count). The highest BCUT2D eigenvalue weighted by atomic mass is 32.1. The minimum atomic E-state index is 1.19. The summed E-state index contributed by atoms with van der Waals surface area (Å²) < 4.78 is 0. The zero-order chi connectivity index (χ0) is 7.56. The Morgan fingerprint density at radius 3 is 2.50 bits per heavy atom. The van der Waals surface area contributed by atoms with Crippen molar-refractivity contribution in [2.24, 2.45) is 0 Å². The van der Waals surface area contributed by atoms with Crippen LogP contribution in [-0.2, 0) is 0 Å². The number of hydrogen-bond donors (Lipinski definition) is 0. The van der Waals surface area contributed by atoms with Gasteiger partial charge in [-0.25, -0.2) is 0 Å². The van der Waals surface area contributed by atoms with Crippen molar-refractivity contribution in [1.82, 2.24) is 0 Å². The lowest BCUT2D eigenvalue weighted by Crippen LogP contribution is -1.64. The minimum absolute atomic E-state index is 1.19. The highest BCUT2D eigenvalue weighted by Gasteiger charge is 1.97. The molecule has 10 heavy (non-hydrogen) atoms. The Bertz CT molecular complexity index is 230. The third-order valence-corrected chi connectivity index (χ3v) is 2.38. The molecule has 0 aliphatic rings. The smallest absolute Gasteiger partial charge is 0.0339 e. The maximum Gasteiger partial charge on any atom is 0.0339 e. The molecule has 0 nitrogen and oxygen atoms in total. The van der Waals surface area contributed by atoms with Crippen LogP contribution in [0.2, 0.25) is 0 Å². The summed E-state index contributed by atoms with van der Waals surface area (Å²) in [6.07, 6.45) is 3.73. The molecule has 0 spiro atoms. The highest BCUT2D eigenvalue weighted by molar-refractivity contribution is 7.13. The molecule has 1 aromatic rings. The predicted octanol–water partition coefficient (Wildman–Crippen LogP) is 3.34. The van der Waals surface area contributed by atoms with E-state index in [1.54, 1.807) is 11.3 Å². The summed E-state index contributed by atoms with van der Waals surface area (Å²) in [5.41, 5.74) is 1.19. The zero-order valence-electron chi connectivity index (χ0n) is 6.05. The van der Waals surface area contributed by atoms with Crippen molar-refractivity contribution in [3.63, 3.8) is 0 Å². The van der Waals surface area contributed by atoms with Crippen molar-refractivity contribution in [2.75, 3.05) is 0 Å². The fourth-order valence-electron chi connectivity index (χ4n) is 0.871. The fourth-order valence-corrected chi connectivity index (χ4v) is 1.75. The lowest BCUT2D eigenvalue weighted by Gasteiger charge is -1.85. The van der Waals surface area contributed by atoms with E-state index in [1.165, 1.54) is 15.3 Å². The van der Waals surface area contributed by atoms with E-state index in [0.29, 0.717) is 0 Å². The Morgan fingerprint density at radius 2 is 2.10 bits per heavy atom. The van der Waals surface area contributed by atoms with Gasteiger partial charge in [0.2, 0.25) is 0 Å². The van der Waals surface area contributed by atoms with Crippen LogP contribution in [0.25, 0.3) is 12.2 Å². The molecule has 1 heterocycles. The average Bonchev–Trinajstić information content (AvgIpc) is 2.30. The SMILES string of the molecule is C=Cc1cc(C)sc1C=C. The van der Waals surface area contributed by atoms with Crippen LogP contribution in [0.4, 0.5) is 0 Å². The van der Waals surface area contributed by atoms with Gasteiger partial charge in [-0.15, -0.1) is 11.3 Å². The molecular formula is C9H10S. The number of hydrogen-bond acceptors (Lipinski definition) is 1. The second-order valence-electron chi connectivity index (χ2n) is 2.08. The lowest BCUT2D eigenvalue weighted by atomic mass is 10.2. The van der Waals surface area contributed by atoms with Crippen LogP contribution >= 0.6 is 11.3 Å². The number of thiophene rings is 1. The predicted molar refractivity (Wildman–Crippen MR) is 49.2 cm³/mol. The molecule has 1 aromatic heterocycles. The highest BCUT2D eigenvalue weighted by Crippen LogP contribution is 2.23. The van der Waals surface area contributed by atoms with Gasteiger partial charge >= 0.3 is 0 Å². The molecule has 0 aliphatic carbocycles. The molecule has 0 saturated carbocycles. The van der Waals surface area contributed by atoms with Gasteiger partial charge in [-0.1, -0.05) is 25.3 Å². The van der Waals surface area contributed by atoms with E-state index < -0.39 is 0 Å². The third-order valence-electron chi connectivity index (χ3n) is 1.32. The molecule has 1 heteroatoms. The van der Waals surface area contributed by atoms with Gasteiger partial charge in [0, 0.05) is 9.75 Å². The topological polar surface area (TPSA) is 0 Å². The van der Waals surface area contributed by atoms with E-state index in [1.807, 2.05) is 12.2 Å². The van der Waals surface area contributed by atoms with Crippen LogP contribution in [0.1, 0.15) is 15.3 Å². The summed E-state index contributed by atoms with van der Waals surface area (Å²) in [7, 11) is 0. The third kappa shape index (κ3) is 1.19. The van der Waals surface area contributed by atoms with Crippen LogP contribution < -0.4 is 0 Å². The van der Waals surface area contributed by atoms with Crippen LogP contribution in [0.15, 0.2) is 19.2 Å². The summed E-state index contributed by atoms with van der Waals surface area (Å²) >= 11 is 1.75. The summed E-state index contributed by atoms with van der Waals surface area (Å²) in [6.45, 7) is 9.52. The van der Waals surface area contributed by atoms with Crippen molar-refractivity contribution >= 4 is 23.5 Å². The van der Waals surface area contributed by atoms with Gasteiger partial charge in [-0.3, -0.25) is 0 Å². The summed E-state index contributed by atoms with van der Waals surface area (Å²) in [4.78, 5) is 2.53. The van der Waals surface area contributed by atoms with E-state index in [0.717, 1.165) is 0 Å². The van der Waals surface area contributed by atoms with Gasteiger partial charge in [0.05, 0.1) is 0 Å². The van der Waals surface area contributed by atoms with Crippen LogP contribution in [0, 0.1) is 6.92 Å². The summed E-state index contributed by atoms with van der Waals surface area (Å²) in [6, 6.07) is 2.12. The zero-order valence-corrected chi connectivity index (χ0v) is 6.87. The first-order valence-electron chi connectivity index (χ1n) is 3.13. The Kier molecular flexibility index (Phi) is 2.07. The molecule has 0 atom stereocenters. The van der Waals surface area contributed by atoms with Gasteiger partial charge < -0.3 is 0 Å². The molecule has 0 saturated heterocycles. The van der Waals surface area contributed by atoms with Gasteiger partial charge in [0.25, 0.3) is 0 Å². The molecule has 0 bridgehead atoms. The van der Waals surface area contributed by atoms with Crippen molar-refractivity contribution in [2.45, 2.75) is 6.92 Å². The van der Waals surface area contributed by atoms with Gasteiger partial charge in [-0.05, 0) is 18.6 Å². The molecule has 0 unspecified atom stereocenters. The van der Waals surface area contributed by atoms with E-state index in [-0.39, 0.29) is 0 Å². The van der Waals surface area contributed by atoms with E-state index in [4.69, 9.17) is 0 Å². The first-order chi connectivity index (χ1) is 4.77. The molecule has 0 aliphatic heterocycles. The molecule has 52 valence electrons. The molecule has 0 fully saturated rings. The Morgan fingerprint density at radius 1 is 1.40 bits per heavy atom. The van der Waals surface area contributed by atoms with Crippen molar-refractivity contribution < 1.29 is 0 Å². The minimum Gasteiger partial charge on any atom is -0.141 e. The van der Waals surface area contributed by atoms with E-state index in [9.17, 15) is 0 Å². The summed E-state index contributed by atoms with van der Waals surface area (Å²) in [5.74, 6) is 0. The van der Waals surface area contributed by atoms with Gasteiger partial charge in [-0.2, -0.15) is 0 Å². The van der Waals surface area contributed by atoms with Crippen molar-refractivity contribution in [3.05, 3.63) is 34.5 Å². The van der Waals surface area contributed by atoms with Crippen LogP contribution in [0.3, 0.4) is 0 Å². The second kappa shape index (κ2) is 2.84. The van der Waals surface area contributed by atoms with Gasteiger partial charge in [0.1, 0.15) is 0 Å². The number of rotatable bonds is 2. The van der Waals surface area contributed by atoms with E-state index >= 15 is 0 Å². The average molecular weight is 150 g/mol. The molecule has 0 amide bonds. The normalized spacial score (nSPS) is 9.30. The Labute approximate surface area is 65.5 Å². The van der Waals surface area contributed by atoms with Crippen molar-refractivity contribution in [3.8, 4) is 0 Å². The second-order valence-corrected chi connectivity index (χ2v) is 3.37. The maximum atomic E-state index is 3.72. The standard InChI is InChI=1S/C9H10S/c1-4-8-6-7(3)10-9(8)5-2/h4-6H,1-2H2,3H3.